The maximum absolute atomic E-state index is 13.2. The molecule has 3 aliphatic rings. The van der Waals surface area contributed by atoms with Crippen molar-refractivity contribution in [2.45, 2.75) is 45.4 Å². The Morgan fingerprint density at radius 3 is 2.52 bits per heavy atom. The number of amides is 3. The molecule has 3 heterocycles. The number of aliphatic imine (C=N–C) groups is 1. The molecule has 1 saturated heterocycles. The zero-order valence-corrected chi connectivity index (χ0v) is 17.3. The highest BCUT2D eigenvalue weighted by atomic mass is 16.5. The van der Waals surface area contributed by atoms with Gasteiger partial charge in [0.05, 0.1) is 13.7 Å². The fourth-order valence-electron chi connectivity index (χ4n) is 4.03. The van der Waals surface area contributed by atoms with Gasteiger partial charge >= 0.3 is 6.03 Å². The standard InChI is InChI=1S/C21H27N5O3/c1-5-6-11-24-19(27)17-18(23(3)21(24)28)22-20-25(14(2)12-26(17)20)13-15-7-9-16(29-4)10-8-15/h7-10,12,17-18H,5-6,11,13H2,1-4H3. The number of nitrogens with zero attached hydrogens (tertiary/aromatic N) is 5. The van der Waals surface area contributed by atoms with Gasteiger partial charge in [-0.2, -0.15) is 0 Å². The van der Waals surface area contributed by atoms with Gasteiger partial charge in [-0.25, -0.2) is 9.79 Å². The van der Waals surface area contributed by atoms with Gasteiger partial charge in [-0.15, -0.1) is 0 Å². The van der Waals surface area contributed by atoms with Crippen molar-refractivity contribution in [3.63, 3.8) is 0 Å². The van der Waals surface area contributed by atoms with Crippen LogP contribution in [0, 0.1) is 0 Å². The summed E-state index contributed by atoms with van der Waals surface area (Å²) < 4.78 is 5.23. The zero-order valence-electron chi connectivity index (χ0n) is 17.3. The Kier molecular flexibility index (Phi) is 4.94. The third-order valence-electron chi connectivity index (χ3n) is 5.74. The van der Waals surface area contributed by atoms with Crippen molar-refractivity contribution in [3.8, 4) is 5.75 Å². The van der Waals surface area contributed by atoms with Crippen LogP contribution in [0.25, 0.3) is 0 Å². The number of benzene rings is 1. The van der Waals surface area contributed by atoms with Crippen molar-refractivity contribution < 1.29 is 14.3 Å². The predicted octanol–water partition coefficient (Wildman–Crippen LogP) is 2.43. The summed E-state index contributed by atoms with van der Waals surface area (Å²) in [6, 6.07) is 7.13. The monoisotopic (exact) mass is 397 g/mol. The van der Waals surface area contributed by atoms with E-state index in [0.717, 1.165) is 35.8 Å². The van der Waals surface area contributed by atoms with Crippen molar-refractivity contribution in [1.29, 1.82) is 0 Å². The van der Waals surface area contributed by atoms with Gasteiger partial charge in [0.1, 0.15) is 5.75 Å². The number of urea groups is 1. The number of fused-ring (bicyclic) bond motifs is 3. The van der Waals surface area contributed by atoms with Gasteiger partial charge in [0.15, 0.2) is 12.2 Å². The van der Waals surface area contributed by atoms with E-state index in [-0.39, 0.29) is 11.9 Å². The van der Waals surface area contributed by atoms with Gasteiger partial charge < -0.3 is 19.4 Å². The first-order chi connectivity index (χ1) is 14.0. The number of carbonyl (C=O) groups is 2. The second-order valence-corrected chi connectivity index (χ2v) is 7.64. The lowest BCUT2D eigenvalue weighted by Crippen LogP contribution is -2.64. The Morgan fingerprint density at radius 1 is 1.14 bits per heavy atom. The minimum atomic E-state index is -0.500. The van der Waals surface area contributed by atoms with E-state index in [1.807, 2.05) is 49.2 Å². The quantitative estimate of drug-likeness (QED) is 0.738. The molecule has 2 atom stereocenters. The SMILES string of the molecule is CCCCN1C(=O)C2C(N=C3N(Cc4ccc(OC)cc4)C(C)=CN32)N(C)C1=O. The number of imide groups is 1. The summed E-state index contributed by atoms with van der Waals surface area (Å²) in [6.45, 7) is 5.14. The van der Waals surface area contributed by atoms with Crippen molar-refractivity contribution in [2.75, 3.05) is 20.7 Å². The van der Waals surface area contributed by atoms with E-state index in [0.29, 0.717) is 13.1 Å². The van der Waals surface area contributed by atoms with Crippen LogP contribution in [0.5, 0.6) is 5.75 Å². The van der Waals surface area contributed by atoms with Gasteiger partial charge in [0, 0.05) is 25.5 Å². The molecule has 154 valence electrons. The molecule has 29 heavy (non-hydrogen) atoms. The highest BCUT2D eigenvalue weighted by Gasteiger charge is 2.54. The summed E-state index contributed by atoms with van der Waals surface area (Å²) in [7, 11) is 3.37. The number of guanidine groups is 1. The summed E-state index contributed by atoms with van der Waals surface area (Å²) in [5.41, 5.74) is 2.13. The minimum absolute atomic E-state index is 0.166. The van der Waals surface area contributed by atoms with Crippen molar-refractivity contribution in [1.82, 2.24) is 19.6 Å². The van der Waals surface area contributed by atoms with E-state index in [1.165, 1.54) is 4.90 Å². The molecule has 8 nitrogen and oxygen atoms in total. The van der Waals surface area contributed by atoms with Crippen LogP contribution in [0.3, 0.4) is 0 Å². The van der Waals surface area contributed by atoms with E-state index in [4.69, 9.17) is 9.73 Å². The molecular formula is C21H27N5O3. The molecule has 0 saturated carbocycles. The first kappa shape index (κ1) is 19.3. The smallest absolute Gasteiger partial charge is 0.328 e. The molecule has 0 bridgehead atoms. The largest absolute Gasteiger partial charge is 0.497 e. The summed E-state index contributed by atoms with van der Waals surface area (Å²) in [5, 5.41) is 0. The average Bonchev–Trinajstić information content (AvgIpc) is 3.23. The highest BCUT2D eigenvalue weighted by Crippen LogP contribution is 2.34. The first-order valence-corrected chi connectivity index (χ1v) is 9.99. The zero-order chi connectivity index (χ0) is 20.7. The Hall–Kier alpha value is -3.03. The number of carbonyl (C=O) groups excluding carboxylic acids is 2. The molecule has 1 fully saturated rings. The highest BCUT2D eigenvalue weighted by molar-refractivity contribution is 6.04. The Morgan fingerprint density at radius 2 is 1.86 bits per heavy atom. The van der Waals surface area contributed by atoms with Gasteiger partial charge in [0.2, 0.25) is 5.96 Å². The van der Waals surface area contributed by atoms with Crippen molar-refractivity contribution in [2.24, 2.45) is 4.99 Å². The number of unbranched alkanes of at least 4 members (excludes halogenated alkanes) is 1. The second-order valence-electron chi connectivity index (χ2n) is 7.64. The number of rotatable bonds is 6. The predicted molar refractivity (Wildman–Crippen MR) is 109 cm³/mol. The van der Waals surface area contributed by atoms with Gasteiger partial charge in [-0.05, 0) is 31.0 Å². The van der Waals surface area contributed by atoms with E-state index < -0.39 is 12.2 Å². The lowest BCUT2D eigenvalue weighted by atomic mass is 10.1. The minimum Gasteiger partial charge on any atom is -0.497 e. The summed E-state index contributed by atoms with van der Waals surface area (Å²) in [4.78, 5) is 37.6. The second kappa shape index (κ2) is 7.42. The van der Waals surface area contributed by atoms with Crippen LogP contribution in [-0.4, -0.2) is 70.4 Å². The van der Waals surface area contributed by atoms with Gasteiger partial charge in [-0.3, -0.25) is 9.69 Å². The number of allylic oxidation sites excluding steroid dienone is 1. The van der Waals surface area contributed by atoms with Crippen molar-refractivity contribution in [3.05, 3.63) is 41.7 Å². The molecular weight excluding hydrogens is 370 g/mol. The average molecular weight is 397 g/mol. The molecule has 4 rings (SSSR count). The molecule has 3 aliphatic heterocycles. The third-order valence-corrected chi connectivity index (χ3v) is 5.74. The topological polar surface area (TPSA) is 68.7 Å². The third kappa shape index (κ3) is 3.12. The molecule has 2 unspecified atom stereocenters. The Balaban J connectivity index is 1.58. The number of ether oxygens (including phenoxy) is 1. The maximum Gasteiger partial charge on any atom is 0.328 e. The van der Waals surface area contributed by atoms with Gasteiger partial charge in [-0.1, -0.05) is 25.5 Å². The van der Waals surface area contributed by atoms with Crippen LogP contribution < -0.4 is 4.74 Å². The van der Waals surface area contributed by atoms with Crippen LogP contribution in [0.1, 0.15) is 32.3 Å². The number of hydrogen-bond donors (Lipinski definition) is 0. The number of hydrogen-bond acceptors (Lipinski definition) is 6. The Labute approximate surface area is 171 Å². The van der Waals surface area contributed by atoms with Crippen LogP contribution in [-0.2, 0) is 11.3 Å². The molecule has 1 aromatic carbocycles. The summed E-state index contributed by atoms with van der Waals surface area (Å²) >= 11 is 0. The molecule has 0 N–H and O–H groups in total. The molecule has 3 amide bonds. The molecule has 0 aromatic heterocycles. The summed E-state index contributed by atoms with van der Waals surface area (Å²) in [5.74, 6) is 1.37. The van der Waals surface area contributed by atoms with E-state index in [9.17, 15) is 9.59 Å². The molecule has 1 aromatic rings. The van der Waals surface area contributed by atoms with Crippen molar-refractivity contribution >= 4 is 17.9 Å². The lowest BCUT2D eigenvalue weighted by Gasteiger charge is -2.40. The molecule has 0 radical (unpaired) electrons. The molecule has 8 heteroatoms. The van der Waals surface area contributed by atoms with E-state index >= 15 is 0 Å². The van der Waals surface area contributed by atoms with Crippen LogP contribution >= 0.6 is 0 Å². The van der Waals surface area contributed by atoms with E-state index in [2.05, 4.69) is 4.90 Å². The van der Waals surface area contributed by atoms with Crippen LogP contribution in [0.4, 0.5) is 4.79 Å². The fraction of sp³-hybridized carbons (Fsp3) is 0.476. The van der Waals surface area contributed by atoms with E-state index in [1.54, 1.807) is 19.1 Å². The molecule has 0 aliphatic carbocycles. The number of methoxy groups -OCH3 is 1. The van der Waals surface area contributed by atoms with Crippen LogP contribution in [0.15, 0.2) is 41.2 Å². The summed E-state index contributed by atoms with van der Waals surface area (Å²) in [6.07, 6.45) is 3.20. The normalized spacial score (nSPS) is 23.3. The van der Waals surface area contributed by atoms with Crippen LogP contribution in [0.2, 0.25) is 0 Å². The Bertz CT molecular complexity index is 879. The number of likely N-dealkylation sites (N-methyl/N-ethyl adjacent to an activating group) is 1. The first-order valence-electron chi connectivity index (χ1n) is 9.99. The fourth-order valence-corrected chi connectivity index (χ4v) is 4.03. The molecule has 0 spiro atoms. The van der Waals surface area contributed by atoms with Gasteiger partial charge in [0.25, 0.3) is 5.91 Å². The lowest BCUT2D eigenvalue weighted by molar-refractivity contribution is -0.136. The maximum atomic E-state index is 13.2.